The van der Waals surface area contributed by atoms with E-state index >= 15 is 0 Å². The Kier molecular flexibility index (Phi) is 6.23. The molecule has 1 N–H and O–H groups in total. The molecule has 0 unspecified atom stereocenters. The van der Waals surface area contributed by atoms with Crippen molar-refractivity contribution >= 4 is 17.7 Å². The Morgan fingerprint density at radius 2 is 1.62 bits per heavy atom. The zero-order valence-corrected chi connectivity index (χ0v) is 15.5. The van der Waals surface area contributed by atoms with Crippen LogP contribution in [0.25, 0.3) is 0 Å². The van der Waals surface area contributed by atoms with Crippen LogP contribution in [0.1, 0.15) is 11.1 Å². The lowest BCUT2D eigenvalue weighted by Gasteiger charge is -2.09. The van der Waals surface area contributed by atoms with E-state index in [9.17, 15) is 18.0 Å². The summed E-state index contributed by atoms with van der Waals surface area (Å²) in [6.45, 7) is 0.275. The van der Waals surface area contributed by atoms with E-state index in [1.54, 1.807) is 24.3 Å². The van der Waals surface area contributed by atoms with Crippen LogP contribution in [0, 0.1) is 0 Å². The van der Waals surface area contributed by atoms with Gasteiger partial charge in [-0.3, -0.25) is 0 Å². The molecular weight excluding hydrogens is 409 g/mol. The van der Waals surface area contributed by atoms with Crippen molar-refractivity contribution in [3.05, 3.63) is 83.0 Å². The Balaban J connectivity index is 1.51. The number of benzene rings is 2. The number of aromatic nitrogens is 1. The van der Waals surface area contributed by atoms with Crippen molar-refractivity contribution in [3.63, 3.8) is 0 Å². The second kappa shape index (κ2) is 8.83. The summed E-state index contributed by atoms with van der Waals surface area (Å²) in [5, 5.41) is 3.20. The fraction of sp³-hybridized carbons (Fsp3) is 0.100. The predicted octanol–water partition coefficient (Wildman–Crippen LogP) is 5.83. The van der Waals surface area contributed by atoms with Crippen molar-refractivity contribution in [1.82, 2.24) is 10.3 Å². The number of carbonyl (C=O) groups excluding carboxylic acids is 1. The molecule has 0 aliphatic carbocycles. The van der Waals surface area contributed by atoms with E-state index in [2.05, 4.69) is 10.3 Å². The van der Waals surface area contributed by atoms with E-state index in [-0.39, 0.29) is 18.2 Å². The summed E-state index contributed by atoms with van der Waals surface area (Å²) in [5.74, 6) is 0.602. The number of rotatable bonds is 5. The Labute approximate surface area is 169 Å². The van der Waals surface area contributed by atoms with Gasteiger partial charge < -0.3 is 14.8 Å². The molecule has 0 radical (unpaired) electrons. The molecule has 0 aliphatic rings. The predicted molar refractivity (Wildman–Crippen MR) is 100 cm³/mol. The van der Waals surface area contributed by atoms with E-state index in [0.717, 1.165) is 17.7 Å². The third kappa shape index (κ3) is 6.11. The molecular formula is C20H14ClF3N2O3. The lowest BCUT2D eigenvalue weighted by Crippen LogP contribution is -2.26. The van der Waals surface area contributed by atoms with Gasteiger partial charge in [0.15, 0.2) is 0 Å². The maximum absolute atomic E-state index is 12.5. The van der Waals surface area contributed by atoms with Gasteiger partial charge in [0.05, 0.1) is 5.56 Å². The Morgan fingerprint density at radius 3 is 2.21 bits per heavy atom. The molecule has 0 bridgehead atoms. The standard InChI is InChI=1S/C20H14ClF3N2O3/c21-15-4-1-13(2-5-15)11-26-19(27)29-17-8-6-16(7-9-17)28-18-10-3-14(12-25-18)20(22,23)24/h1-10,12H,11H2,(H,26,27). The molecule has 1 aromatic heterocycles. The van der Waals surface area contributed by atoms with E-state index < -0.39 is 17.8 Å². The number of alkyl halides is 3. The molecule has 0 saturated carbocycles. The van der Waals surface area contributed by atoms with Crippen molar-refractivity contribution in [3.8, 4) is 17.4 Å². The van der Waals surface area contributed by atoms with Crippen LogP contribution in [0.4, 0.5) is 18.0 Å². The monoisotopic (exact) mass is 422 g/mol. The fourth-order valence-electron chi connectivity index (χ4n) is 2.22. The van der Waals surface area contributed by atoms with Gasteiger partial charge >= 0.3 is 12.3 Å². The van der Waals surface area contributed by atoms with Gasteiger partial charge in [0, 0.05) is 23.8 Å². The third-order valence-corrected chi connectivity index (χ3v) is 3.92. The molecule has 0 saturated heterocycles. The molecule has 29 heavy (non-hydrogen) atoms. The average molecular weight is 423 g/mol. The van der Waals surface area contributed by atoms with E-state index in [4.69, 9.17) is 21.1 Å². The van der Waals surface area contributed by atoms with Crippen LogP contribution in [0.2, 0.25) is 5.02 Å². The summed E-state index contributed by atoms with van der Waals surface area (Å²) in [6, 6.07) is 15.0. The van der Waals surface area contributed by atoms with Gasteiger partial charge in [0.1, 0.15) is 11.5 Å². The second-order valence-corrected chi connectivity index (χ2v) is 6.26. The largest absolute Gasteiger partial charge is 0.439 e. The molecule has 0 fully saturated rings. The van der Waals surface area contributed by atoms with Crippen LogP contribution in [0.15, 0.2) is 66.9 Å². The van der Waals surface area contributed by atoms with Crippen LogP contribution < -0.4 is 14.8 Å². The highest BCUT2D eigenvalue weighted by Gasteiger charge is 2.30. The van der Waals surface area contributed by atoms with Crippen molar-refractivity contribution < 1.29 is 27.4 Å². The van der Waals surface area contributed by atoms with Crippen LogP contribution in [-0.2, 0) is 12.7 Å². The van der Waals surface area contributed by atoms with Crippen LogP contribution >= 0.6 is 11.6 Å². The Hall–Kier alpha value is -3.26. The minimum Gasteiger partial charge on any atom is -0.439 e. The van der Waals surface area contributed by atoms with Gasteiger partial charge in [-0.05, 0) is 48.0 Å². The minimum atomic E-state index is -4.46. The number of hydrogen-bond acceptors (Lipinski definition) is 4. The van der Waals surface area contributed by atoms with Crippen LogP contribution in [0.3, 0.4) is 0 Å². The summed E-state index contributed by atoms with van der Waals surface area (Å²) in [4.78, 5) is 15.5. The quantitative estimate of drug-likeness (QED) is 0.561. The van der Waals surface area contributed by atoms with Gasteiger partial charge in [-0.2, -0.15) is 13.2 Å². The van der Waals surface area contributed by atoms with E-state index in [1.165, 1.54) is 24.3 Å². The number of ether oxygens (including phenoxy) is 2. The van der Waals surface area contributed by atoms with Gasteiger partial charge in [0.25, 0.3) is 0 Å². The molecule has 9 heteroatoms. The first-order valence-electron chi connectivity index (χ1n) is 8.31. The number of hydrogen-bond donors (Lipinski definition) is 1. The second-order valence-electron chi connectivity index (χ2n) is 5.83. The van der Waals surface area contributed by atoms with Crippen molar-refractivity contribution in [2.24, 2.45) is 0 Å². The van der Waals surface area contributed by atoms with Crippen molar-refractivity contribution in [2.45, 2.75) is 12.7 Å². The molecule has 5 nitrogen and oxygen atoms in total. The minimum absolute atomic E-state index is 0.00683. The lowest BCUT2D eigenvalue weighted by molar-refractivity contribution is -0.137. The highest BCUT2D eigenvalue weighted by Crippen LogP contribution is 2.30. The molecule has 3 aromatic rings. The average Bonchev–Trinajstić information content (AvgIpc) is 2.69. The van der Waals surface area contributed by atoms with Gasteiger partial charge in [-0.15, -0.1) is 0 Å². The summed E-state index contributed by atoms with van der Waals surface area (Å²) in [5.41, 5.74) is -0.00245. The molecule has 0 atom stereocenters. The third-order valence-electron chi connectivity index (χ3n) is 3.67. The molecule has 1 amide bonds. The lowest BCUT2D eigenvalue weighted by atomic mass is 10.2. The van der Waals surface area contributed by atoms with Gasteiger partial charge in [-0.25, -0.2) is 9.78 Å². The normalized spacial score (nSPS) is 11.0. The van der Waals surface area contributed by atoms with Crippen LogP contribution in [0.5, 0.6) is 17.4 Å². The van der Waals surface area contributed by atoms with E-state index in [0.29, 0.717) is 17.0 Å². The Morgan fingerprint density at radius 1 is 0.966 bits per heavy atom. The first-order chi connectivity index (χ1) is 13.8. The molecule has 0 aliphatic heterocycles. The summed E-state index contributed by atoms with van der Waals surface area (Å²) >= 11 is 5.80. The van der Waals surface area contributed by atoms with Crippen molar-refractivity contribution in [2.75, 3.05) is 0 Å². The molecule has 150 valence electrons. The number of nitrogens with zero attached hydrogens (tertiary/aromatic N) is 1. The Bertz CT molecular complexity index is 960. The number of halogens is 4. The maximum Gasteiger partial charge on any atom is 0.417 e. The van der Waals surface area contributed by atoms with E-state index in [1.807, 2.05) is 0 Å². The number of amides is 1. The molecule has 2 aromatic carbocycles. The highest BCUT2D eigenvalue weighted by atomic mass is 35.5. The van der Waals surface area contributed by atoms with Crippen LogP contribution in [-0.4, -0.2) is 11.1 Å². The maximum atomic E-state index is 12.5. The van der Waals surface area contributed by atoms with Crippen molar-refractivity contribution in [1.29, 1.82) is 0 Å². The van der Waals surface area contributed by atoms with Gasteiger partial charge in [-0.1, -0.05) is 23.7 Å². The number of carbonyl (C=O) groups is 1. The summed E-state index contributed by atoms with van der Waals surface area (Å²) in [7, 11) is 0. The molecule has 0 spiro atoms. The zero-order chi connectivity index (χ0) is 20.9. The topological polar surface area (TPSA) is 60.5 Å². The number of pyridine rings is 1. The van der Waals surface area contributed by atoms with Gasteiger partial charge in [0.2, 0.25) is 5.88 Å². The summed E-state index contributed by atoms with van der Waals surface area (Å²) in [6.07, 6.45) is -4.41. The highest BCUT2D eigenvalue weighted by molar-refractivity contribution is 6.30. The smallest absolute Gasteiger partial charge is 0.417 e. The molecule has 3 rings (SSSR count). The number of nitrogens with one attached hydrogen (secondary N) is 1. The fourth-order valence-corrected chi connectivity index (χ4v) is 2.35. The molecule has 1 heterocycles. The SMILES string of the molecule is O=C(NCc1ccc(Cl)cc1)Oc1ccc(Oc2ccc(C(F)(F)F)cn2)cc1. The first kappa shape index (κ1) is 20.5. The zero-order valence-electron chi connectivity index (χ0n) is 14.7. The first-order valence-corrected chi connectivity index (χ1v) is 8.69. The summed E-state index contributed by atoms with van der Waals surface area (Å²) < 4.78 is 48.1.